The van der Waals surface area contributed by atoms with Crippen molar-refractivity contribution in [2.75, 3.05) is 0 Å². The number of rotatable bonds is 9. The zero-order chi connectivity index (χ0) is 16.5. The van der Waals surface area contributed by atoms with Crippen LogP contribution in [0, 0.1) is 11.8 Å². The molecule has 0 aliphatic heterocycles. The molecule has 1 aliphatic carbocycles. The first-order valence-corrected chi connectivity index (χ1v) is 10.0. The molecule has 0 amide bonds. The molecule has 0 heterocycles. The van der Waals surface area contributed by atoms with Crippen molar-refractivity contribution in [1.29, 1.82) is 0 Å². The third-order valence-corrected chi connectivity index (χ3v) is 5.60. The lowest BCUT2D eigenvalue weighted by molar-refractivity contribution is 0.362. The number of benzene rings is 1. The molecule has 2 atom stereocenters. The average Bonchev–Trinajstić information content (AvgIpc) is 2.60. The Morgan fingerprint density at radius 1 is 1.04 bits per heavy atom. The van der Waals surface area contributed by atoms with Crippen LogP contribution in [0.2, 0.25) is 0 Å². The Bertz CT molecular complexity index is 465. The molecule has 0 fully saturated rings. The fourth-order valence-electron chi connectivity index (χ4n) is 3.74. The molecular formula is C23H36. The van der Waals surface area contributed by atoms with Gasteiger partial charge in [-0.15, -0.1) is 0 Å². The van der Waals surface area contributed by atoms with E-state index in [9.17, 15) is 0 Å². The molecule has 0 N–H and O–H groups in total. The minimum Gasteiger partial charge on any atom is -0.0804 e. The second-order valence-corrected chi connectivity index (χ2v) is 7.63. The van der Waals surface area contributed by atoms with Crippen molar-refractivity contribution < 1.29 is 0 Å². The van der Waals surface area contributed by atoms with Gasteiger partial charge >= 0.3 is 0 Å². The highest BCUT2D eigenvalue weighted by Gasteiger charge is 2.17. The lowest BCUT2D eigenvalue weighted by Gasteiger charge is -2.24. The second-order valence-electron chi connectivity index (χ2n) is 7.63. The molecule has 23 heavy (non-hydrogen) atoms. The van der Waals surface area contributed by atoms with Gasteiger partial charge in [0.25, 0.3) is 0 Å². The molecule has 1 aromatic carbocycles. The lowest BCUT2D eigenvalue weighted by Crippen LogP contribution is -2.09. The van der Waals surface area contributed by atoms with E-state index in [1.54, 1.807) is 5.57 Å². The quantitative estimate of drug-likeness (QED) is 0.416. The second kappa shape index (κ2) is 9.96. The van der Waals surface area contributed by atoms with E-state index in [-0.39, 0.29) is 0 Å². The average molecular weight is 313 g/mol. The predicted octanol–water partition coefficient (Wildman–Crippen LogP) is 7.43. The van der Waals surface area contributed by atoms with Crippen LogP contribution in [0.5, 0.6) is 0 Å². The van der Waals surface area contributed by atoms with Crippen LogP contribution >= 0.6 is 0 Å². The van der Waals surface area contributed by atoms with Gasteiger partial charge in [0, 0.05) is 0 Å². The highest BCUT2D eigenvalue weighted by atomic mass is 14.2. The van der Waals surface area contributed by atoms with Crippen molar-refractivity contribution in [1.82, 2.24) is 0 Å². The van der Waals surface area contributed by atoms with Gasteiger partial charge in [0.1, 0.15) is 0 Å². The maximum atomic E-state index is 2.52. The van der Waals surface area contributed by atoms with Crippen LogP contribution in [0.25, 0.3) is 5.57 Å². The molecule has 0 heteroatoms. The number of unbranched alkanes of at least 4 members (excludes halogenated alkanes) is 3. The van der Waals surface area contributed by atoms with Gasteiger partial charge in [0.05, 0.1) is 0 Å². The number of hydrogen-bond acceptors (Lipinski definition) is 0. The summed E-state index contributed by atoms with van der Waals surface area (Å²) in [7, 11) is 0. The Morgan fingerprint density at radius 2 is 1.83 bits per heavy atom. The van der Waals surface area contributed by atoms with E-state index in [0.717, 1.165) is 11.8 Å². The summed E-state index contributed by atoms with van der Waals surface area (Å²) in [6.07, 6.45) is 15.9. The summed E-state index contributed by atoms with van der Waals surface area (Å²) in [4.78, 5) is 0. The summed E-state index contributed by atoms with van der Waals surface area (Å²) < 4.78 is 0. The summed E-state index contributed by atoms with van der Waals surface area (Å²) in [5.74, 6) is 1.81. The maximum Gasteiger partial charge on any atom is -0.0228 e. The van der Waals surface area contributed by atoms with E-state index in [1.165, 1.54) is 75.3 Å². The van der Waals surface area contributed by atoms with Crippen molar-refractivity contribution in [2.45, 2.75) is 85.0 Å². The Morgan fingerprint density at radius 3 is 2.43 bits per heavy atom. The van der Waals surface area contributed by atoms with Gasteiger partial charge in [-0.1, -0.05) is 76.8 Å². The van der Waals surface area contributed by atoms with E-state index >= 15 is 0 Å². The summed E-state index contributed by atoms with van der Waals surface area (Å²) in [6, 6.07) is 9.42. The fraction of sp³-hybridized carbons (Fsp3) is 0.652. The molecule has 0 spiro atoms. The third kappa shape index (κ3) is 6.16. The van der Waals surface area contributed by atoms with Gasteiger partial charge in [-0.25, -0.2) is 0 Å². The van der Waals surface area contributed by atoms with Crippen molar-refractivity contribution in [2.24, 2.45) is 11.8 Å². The first-order chi connectivity index (χ1) is 11.2. The van der Waals surface area contributed by atoms with Gasteiger partial charge in [-0.3, -0.25) is 0 Å². The van der Waals surface area contributed by atoms with Gasteiger partial charge in [0.15, 0.2) is 0 Å². The summed E-state index contributed by atoms with van der Waals surface area (Å²) in [6.45, 7) is 7.00. The summed E-state index contributed by atoms with van der Waals surface area (Å²) in [5.41, 5.74) is 4.56. The van der Waals surface area contributed by atoms with Crippen LogP contribution in [0.15, 0.2) is 30.3 Å². The number of aryl methyl sites for hydroxylation is 1. The van der Waals surface area contributed by atoms with Gasteiger partial charge in [-0.2, -0.15) is 0 Å². The van der Waals surface area contributed by atoms with Crippen molar-refractivity contribution >= 4 is 5.57 Å². The summed E-state index contributed by atoms with van der Waals surface area (Å²) in [5, 5.41) is 0. The van der Waals surface area contributed by atoms with Gasteiger partial charge in [0.2, 0.25) is 0 Å². The molecule has 1 aromatic rings. The molecule has 0 bridgehead atoms. The number of allylic oxidation sites excluding steroid dienone is 2. The highest BCUT2D eigenvalue weighted by Crippen LogP contribution is 2.33. The van der Waals surface area contributed by atoms with Crippen LogP contribution < -0.4 is 0 Å². The maximum absolute atomic E-state index is 2.52. The number of hydrogen-bond donors (Lipinski definition) is 0. The van der Waals surface area contributed by atoms with E-state index in [2.05, 4.69) is 51.1 Å². The van der Waals surface area contributed by atoms with Gasteiger partial charge < -0.3 is 0 Å². The summed E-state index contributed by atoms with van der Waals surface area (Å²) >= 11 is 0. The molecule has 0 aromatic heterocycles. The van der Waals surface area contributed by atoms with Crippen molar-refractivity contribution in [3.05, 3.63) is 41.5 Å². The lowest BCUT2D eigenvalue weighted by atomic mass is 9.81. The Balaban J connectivity index is 1.83. The molecule has 0 radical (unpaired) electrons. The van der Waals surface area contributed by atoms with E-state index < -0.39 is 0 Å². The predicted molar refractivity (Wildman–Crippen MR) is 104 cm³/mol. The zero-order valence-electron chi connectivity index (χ0n) is 15.6. The van der Waals surface area contributed by atoms with Crippen LogP contribution in [0.3, 0.4) is 0 Å². The van der Waals surface area contributed by atoms with E-state index in [4.69, 9.17) is 0 Å². The monoisotopic (exact) mass is 312 g/mol. The van der Waals surface area contributed by atoms with Crippen molar-refractivity contribution in [3.63, 3.8) is 0 Å². The SMILES string of the molecule is CCCCCCc1ccc(C2=CCC(CC(C)CC)CC2)cc1. The molecule has 128 valence electrons. The third-order valence-electron chi connectivity index (χ3n) is 5.60. The fourth-order valence-corrected chi connectivity index (χ4v) is 3.74. The molecule has 0 saturated heterocycles. The largest absolute Gasteiger partial charge is 0.0804 e. The Labute approximate surface area is 144 Å². The van der Waals surface area contributed by atoms with Crippen LogP contribution in [0.1, 0.15) is 89.7 Å². The minimum atomic E-state index is 0.891. The molecular weight excluding hydrogens is 276 g/mol. The first kappa shape index (κ1) is 18.3. The molecule has 0 nitrogen and oxygen atoms in total. The molecule has 2 unspecified atom stereocenters. The van der Waals surface area contributed by atoms with Crippen molar-refractivity contribution in [3.8, 4) is 0 Å². The normalized spacial score (nSPS) is 19.4. The van der Waals surface area contributed by atoms with Crippen LogP contribution in [-0.2, 0) is 6.42 Å². The Hall–Kier alpha value is -1.04. The smallest absolute Gasteiger partial charge is 0.0228 e. The standard InChI is InChI=1S/C23H36/c1-4-6-7-8-9-20-10-14-22(15-11-20)23-16-12-21(13-17-23)18-19(3)5-2/h10-11,14-16,19,21H,4-9,12-13,17-18H2,1-3H3. The first-order valence-electron chi connectivity index (χ1n) is 10.0. The van der Waals surface area contributed by atoms with Crippen LogP contribution in [0.4, 0.5) is 0 Å². The van der Waals surface area contributed by atoms with E-state index in [0.29, 0.717) is 0 Å². The Kier molecular flexibility index (Phi) is 7.92. The van der Waals surface area contributed by atoms with E-state index in [1.807, 2.05) is 0 Å². The topological polar surface area (TPSA) is 0 Å². The van der Waals surface area contributed by atoms with Crippen LogP contribution in [-0.4, -0.2) is 0 Å². The molecule has 0 saturated carbocycles. The molecule has 2 rings (SSSR count). The highest BCUT2D eigenvalue weighted by molar-refractivity contribution is 5.66. The molecule has 1 aliphatic rings. The zero-order valence-corrected chi connectivity index (χ0v) is 15.6. The van der Waals surface area contributed by atoms with Gasteiger partial charge in [-0.05, 0) is 67.1 Å². The minimum absolute atomic E-state index is 0.891.